The number of nitrogens with one attached hydrogen (secondary N) is 1. The van der Waals surface area contributed by atoms with Crippen molar-refractivity contribution < 1.29 is 14.2 Å². The number of piperazine rings is 1. The van der Waals surface area contributed by atoms with Crippen molar-refractivity contribution in [3.8, 4) is 16.9 Å². The SMILES string of the molecule is Cc1cc(N2CCN(C3COC3)CC2)cnc1Nc1cc(-c2ccnc(-n3ncc4cc(C(C)(C)C)cc(F)c4c3=O)c2CO)cn(C)c1=O. The Kier molecular flexibility index (Phi) is 8.75. The van der Waals surface area contributed by atoms with Gasteiger partial charge in [0.2, 0.25) is 0 Å². The van der Waals surface area contributed by atoms with E-state index < -0.39 is 18.0 Å². The number of ether oxygens (including phenoxy) is 1. The number of pyridine rings is 3. The van der Waals surface area contributed by atoms with E-state index in [0.717, 1.165) is 60.9 Å². The number of benzene rings is 1. The highest BCUT2D eigenvalue weighted by Crippen LogP contribution is 2.31. The number of hydrogen-bond donors (Lipinski definition) is 2. The summed E-state index contributed by atoms with van der Waals surface area (Å²) in [5, 5.41) is 18.4. The Balaban J connectivity index is 1.20. The van der Waals surface area contributed by atoms with Crippen LogP contribution in [0.2, 0.25) is 0 Å². The van der Waals surface area contributed by atoms with Crippen LogP contribution in [0, 0.1) is 12.7 Å². The Labute approximate surface area is 288 Å². The lowest BCUT2D eigenvalue weighted by Gasteiger charge is -2.43. The minimum atomic E-state index is -0.692. The average Bonchev–Trinajstić information content (AvgIpc) is 3.06. The highest BCUT2D eigenvalue weighted by molar-refractivity contribution is 5.83. The Bertz CT molecular complexity index is 2220. The van der Waals surface area contributed by atoms with Gasteiger partial charge in [0.1, 0.15) is 17.3 Å². The van der Waals surface area contributed by atoms with Crippen LogP contribution in [0.1, 0.15) is 37.5 Å². The quantitative estimate of drug-likeness (QED) is 0.260. The van der Waals surface area contributed by atoms with Gasteiger partial charge in [0.05, 0.1) is 49.3 Å². The number of aliphatic hydroxyl groups excluding tert-OH is 1. The number of halogens is 1. The number of aromatic nitrogens is 5. The van der Waals surface area contributed by atoms with Crippen molar-refractivity contribution in [1.82, 2.24) is 29.2 Å². The predicted molar refractivity (Wildman–Crippen MR) is 191 cm³/mol. The molecule has 5 aromatic rings. The molecular weight excluding hydrogens is 639 g/mol. The second kappa shape index (κ2) is 13.0. The summed E-state index contributed by atoms with van der Waals surface area (Å²) in [6.45, 7) is 12.7. The normalized spacial score (nSPS) is 15.8. The summed E-state index contributed by atoms with van der Waals surface area (Å²) in [7, 11) is 1.64. The molecular formula is C37H41FN8O4. The number of fused-ring (bicyclic) bond motifs is 1. The third-order valence-corrected chi connectivity index (χ3v) is 9.72. The van der Waals surface area contributed by atoms with E-state index in [-0.39, 0.29) is 27.9 Å². The molecule has 7 rings (SSSR count). The Morgan fingerprint density at radius 2 is 1.78 bits per heavy atom. The van der Waals surface area contributed by atoms with Crippen LogP contribution in [-0.2, 0) is 23.8 Å². The molecule has 0 atom stereocenters. The van der Waals surface area contributed by atoms with Gasteiger partial charge < -0.3 is 24.6 Å². The van der Waals surface area contributed by atoms with Gasteiger partial charge in [-0.25, -0.2) is 14.4 Å². The van der Waals surface area contributed by atoms with E-state index in [4.69, 9.17) is 4.74 Å². The molecule has 1 aromatic carbocycles. The number of aliphatic hydroxyl groups is 1. The Morgan fingerprint density at radius 3 is 2.44 bits per heavy atom. The van der Waals surface area contributed by atoms with E-state index in [9.17, 15) is 14.7 Å². The lowest BCUT2D eigenvalue weighted by atomic mass is 9.86. The van der Waals surface area contributed by atoms with Gasteiger partial charge >= 0.3 is 0 Å². The van der Waals surface area contributed by atoms with E-state index in [1.807, 2.05) is 33.9 Å². The number of rotatable bonds is 7. The fraction of sp³-hybridized carbons (Fsp3) is 0.378. The molecule has 12 nitrogen and oxygen atoms in total. The molecule has 2 N–H and O–H groups in total. The number of hydrogen-bond acceptors (Lipinski definition) is 10. The van der Waals surface area contributed by atoms with Gasteiger partial charge in [0.25, 0.3) is 11.1 Å². The molecule has 0 spiro atoms. The summed E-state index contributed by atoms with van der Waals surface area (Å²) in [5.41, 5.74) is 3.06. The van der Waals surface area contributed by atoms with Crippen LogP contribution >= 0.6 is 0 Å². The molecule has 0 amide bonds. The highest BCUT2D eigenvalue weighted by atomic mass is 19.1. The predicted octanol–water partition coefficient (Wildman–Crippen LogP) is 4.04. The molecule has 2 aliphatic heterocycles. The summed E-state index contributed by atoms with van der Waals surface area (Å²) in [6, 6.07) is 9.12. The molecule has 2 saturated heterocycles. The molecule has 0 unspecified atom stereocenters. The topological polar surface area (TPSA) is 131 Å². The minimum Gasteiger partial charge on any atom is -0.392 e. The minimum absolute atomic E-state index is 0.0644. The Hall–Kier alpha value is -4.98. The van der Waals surface area contributed by atoms with Crippen molar-refractivity contribution in [2.75, 3.05) is 49.6 Å². The van der Waals surface area contributed by atoms with Crippen LogP contribution in [0.3, 0.4) is 0 Å². The summed E-state index contributed by atoms with van der Waals surface area (Å²) in [5.74, 6) is -0.0350. The fourth-order valence-corrected chi connectivity index (χ4v) is 6.63. The number of anilines is 3. The molecule has 0 bridgehead atoms. The smallest absolute Gasteiger partial charge is 0.283 e. The highest BCUT2D eigenvalue weighted by Gasteiger charge is 2.29. The third-order valence-electron chi connectivity index (χ3n) is 9.72. The first kappa shape index (κ1) is 33.5. The van der Waals surface area contributed by atoms with Crippen LogP contribution in [0.15, 0.2) is 64.7 Å². The molecule has 2 fully saturated rings. The van der Waals surface area contributed by atoms with Crippen molar-refractivity contribution in [2.45, 2.75) is 45.8 Å². The molecule has 13 heteroatoms. The van der Waals surface area contributed by atoms with Gasteiger partial charge in [-0.05, 0) is 59.4 Å². The van der Waals surface area contributed by atoms with Gasteiger partial charge in [-0.1, -0.05) is 20.8 Å². The van der Waals surface area contributed by atoms with E-state index in [2.05, 4.69) is 36.2 Å². The molecule has 0 saturated carbocycles. The second-order valence-corrected chi connectivity index (χ2v) is 14.1. The molecule has 50 heavy (non-hydrogen) atoms. The zero-order valence-corrected chi connectivity index (χ0v) is 28.9. The van der Waals surface area contributed by atoms with Gasteiger partial charge in [0.15, 0.2) is 5.82 Å². The maximum absolute atomic E-state index is 15.4. The molecule has 6 heterocycles. The number of aryl methyl sites for hydroxylation is 2. The van der Waals surface area contributed by atoms with E-state index >= 15 is 4.39 Å². The first-order valence-corrected chi connectivity index (χ1v) is 16.8. The first-order chi connectivity index (χ1) is 23.9. The largest absolute Gasteiger partial charge is 0.392 e. The van der Waals surface area contributed by atoms with Gasteiger partial charge in [-0.15, -0.1) is 0 Å². The van der Waals surface area contributed by atoms with Crippen molar-refractivity contribution >= 4 is 28.0 Å². The second-order valence-electron chi connectivity index (χ2n) is 14.1. The van der Waals surface area contributed by atoms with Crippen LogP contribution in [0.25, 0.3) is 27.7 Å². The van der Waals surface area contributed by atoms with Crippen molar-refractivity contribution in [3.05, 3.63) is 98.3 Å². The fourth-order valence-electron chi connectivity index (χ4n) is 6.63. The average molecular weight is 681 g/mol. The molecule has 0 radical (unpaired) electrons. The van der Waals surface area contributed by atoms with E-state index in [1.165, 1.54) is 23.0 Å². The van der Waals surface area contributed by atoms with Gasteiger partial charge in [-0.2, -0.15) is 9.78 Å². The van der Waals surface area contributed by atoms with E-state index in [0.29, 0.717) is 33.9 Å². The van der Waals surface area contributed by atoms with Crippen LogP contribution in [0.5, 0.6) is 0 Å². The monoisotopic (exact) mass is 680 g/mol. The maximum atomic E-state index is 15.4. The summed E-state index contributed by atoms with van der Waals surface area (Å²) in [4.78, 5) is 40.9. The lowest BCUT2D eigenvalue weighted by molar-refractivity contribution is -0.0660. The third kappa shape index (κ3) is 6.16. The van der Waals surface area contributed by atoms with Crippen LogP contribution in [0.4, 0.5) is 21.6 Å². The Morgan fingerprint density at radius 1 is 1.02 bits per heavy atom. The zero-order valence-electron chi connectivity index (χ0n) is 28.9. The molecule has 4 aromatic heterocycles. The summed E-state index contributed by atoms with van der Waals surface area (Å²) >= 11 is 0. The van der Waals surface area contributed by atoms with Gasteiger partial charge in [-0.3, -0.25) is 14.5 Å². The van der Waals surface area contributed by atoms with Crippen LogP contribution in [-0.4, -0.2) is 79.8 Å². The lowest BCUT2D eigenvalue weighted by Crippen LogP contribution is -2.56. The van der Waals surface area contributed by atoms with E-state index in [1.54, 1.807) is 31.4 Å². The zero-order chi connectivity index (χ0) is 35.3. The van der Waals surface area contributed by atoms with Crippen molar-refractivity contribution in [3.63, 3.8) is 0 Å². The summed E-state index contributed by atoms with van der Waals surface area (Å²) in [6.07, 6.45) is 6.40. The molecule has 0 aliphatic carbocycles. The molecule has 260 valence electrons. The number of nitrogens with zero attached hydrogens (tertiary/aromatic N) is 7. The van der Waals surface area contributed by atoms with Crippen molar-refractivity contribution in [1.29, 1.82) is 0 Å². The molecule has 2 aliphatic rings. The van der Waals surface area contributed by atoms with Crippen molar-refractivity contribution in [2.24, 2.45) is 7.05 Å². The summed E-state index contributed by atoms with van der Waals surface area (Å²) < 4.78 is 23.2. The van der Waals surface area contributed by atoms with Gasteiger partial charge in [0, 0.05) is 62.1 Å². The standard InChI is InChI=1S/C37H41FN8O4/c1-22-12-26(44-8-10-45(11-9-44)27-20-50-21-27)17-40-33(22)42-31-14-24(18-43(5)35(31)48)28-6-7-39-34(29(28)19-47)46-36(49)32-23(16-41-46)13-25(15-30(32)38)37(2,3)4/h6-7,12-18,27,47H,8-11,19-21H2,1-5H3,(H,40,42). The maximum Gasteiger partial charge on any atom is 0.283 e. The van der Waals surface area contributed by atoms with Crippen LogP contribution < -0.4 is 21.3 Å². The first-order valence-electron chi connectivity index (χ1n) is 16.8.